The zero-order valence-corrected chi connectivity index (χ0v) is 14.5. The van der Waals surface area contributed by atoms with Gasteiger partial charge in [-0.1, -0.05) is 30.3 Å². The maximum atomic E-state index is 13.4. The molecule has 2 amide bonds. The van der Waals surface area contributed by atoms with Crippen LogP contribution >= 0.6 is 0 Å². The number of anilines is 2. The largest absolute Gasteiger partial charge is 0.418 e. The van der Waals surface area contributed by atoms with Gasteiger partial charge < -0.3 is 10.6 Å². The Hall–Kier alpha value is -2.83. The van der Waals surface area contributed by atoms with Crippen LogP contribution in [0.5, 0.6) is 0 Å². The molecule has 3 rings (SSSR count). The number of aryl methyl sites for hydroxylation is 1. The van der Waals surface area contributed by atoms with Gasteiger partial charge in [-0.15, -0.1) is 0 Å². The van der Waals surface area contributed by atoms with Crippen LogP contribution in [0.2, 0.25) is 0 Å². The Balaban J connectivity index is 1.69. The second-order valence-electron chi connectivity index (χ2n) is 6.56. The molecule has 0 atom stereocenters. The number of rotatable bonds is 6. The molecule has 1 saturated carbocycles. The smallest absolute Gasteiger partial charge is 0.326 e. The molecule has 0 aliphatic heterocycles. The van der Waals surface area contributed by atoms with E-state index in [9.17, 15) is 22.8 Å². The van der Waals surface area contributed by atoms with Crippen LogP contribution in [-0.4, -0.2) is 11.8 Å². The molecule has 7 heteroatoms. The van der Waals surface area contributed by atoms with Gasteiger partial charge in [0.25, 0.3) is 0 Å². The van der Waals surface area contributed by atoms with Crippen molar-refractivity contribution in [1.82, 2.24) is 0 Å². The number of carbonyl (C=O) groups excluding carboxylic acids is 2. The lowest BCUT2D eigenvalue weighted by atomic mass is 10.1. The Labute approximate surface area is 154 Å². The molecule has 0 aromatic heterocycles. The molecule has 27 heavy (non-hydrogen) atoms. The van der Waals surface area contributed by atoms with Crippen molar-refractivity contribution in [1.29, 1.82) is 0 Å². The molecule has 0 saturated heterocycles. The molecule has 1 fully saturated rings. The quantitative estimate of drug-likeness (QED) is 0.773. The molecular weight excluding hydrogens is 357 g/mol. The highest BCUT2D eigenvalue weighted by Gasteiger charge is 2.35. The van der Waals surface area contributed by atoms with E-state index < -0.39 is 17.6 Å². The molecule has 0 spiro atoms. The van der Waals surface area contributed by atoms with Crippen molar-refractivity contribution in [3.05, 3.63) is 59.7 Å². The molecule has 2 N–H and O–H groups in total. The summed E-state index contributed by atoms with van der Waals surface area (Å²) in [6.07, 6.45) is -2.63. The first-order valence-corrected chi connectivity index (χ1v) is 8.69. The van der Waals surface area contributed by atoms with Crippen molar-refractivity contribution in [3.63, 3.8) is 0 Å². The average molecular weight is 376 g/mol. The van der Waals surface area contributed by atoms with Crippen LogP contribution in [0.4, 0.5) is 24.5 Å². The van der Waals surface area contributed by atoms with Gasteiger partial charge in [-0.3, -0.25) is 9.59 Å². The molecular formula is C20H19F3N2O2. The number of hydrogen-bond acceptors (Lipinski definition) is 2. The standard InChI is InChI=1S/C20H19F3N2O2/c21-20(22,23)16-12-15(24-19(27)14-7-8-14)9-10-17(16)25-18(26)11-6-13-4-2-1-3-5-13/h1-5,9-10,12,14H,6-8,11H2,(H,24,27)(H,25,26). The van der Waals surface area contributed by atoms with Gasteiger partial charge in [0.15, 0.2) is 0 Å². The first-order chi connectivity index (χ1) is 12.8. The van der Waals surface area contributed by atoms with Gasteiger partial charge >= 0.3 is 6.18 Å². The van der Waals surface area contributed by atoms with E-state index in [-0.39, 0.29) is 29.6 Å². The van der Waals surface area contributed by atoms with Gasteiger partial charge in [-0.05, 0) is 43.0 Å². The van der Waals surface area contributed by atoms with Crippen LogP contribution in [0.15, 0.2) is 48.5 Å². The van der Waals surface area contributed by atoms with E-state index in [4.69, 9.17) is 0 Å². The molecule has 4 nitrogen and oxygen atoms in total. The lowest BCUT2D eigenvalue weighted by Crippen LogP contribution is -2.18. The fraction of sp³-hybridized carbons (Fsp3) is 0.300. The molecule has 2 aromatic rings. The van der Waals surface area contributed by atoms with Crippen molar-refractivity contribution in [2.45, 2.75) is 31.9 Å². The number of hydrogen-bond donors (Lipinski definition) is 2. The van der Waals surface area contributed by atoms with Crippen molar-refractivity contribution in [3.8, 4) is 0 Å². The van der Waals surface area contributed by atoms with Gasteiger partial charge in [0, 0.05) is 18.0 Å². The molecule has 1 aliphatic carbocycles. The topological polar surface area (TPSA) is 58.2 Å². The minimum absolute atomic E-state index is 0.0708. The predicted octanol–water partition coefficient (Wildman–Crippen LogP) is 4.63. The van der Waals surface area contributed by atoms with Gasteiger partial charge in [-0.25, -0.2) is 0 Å². The number of halogens is 3. The summed E-state index contributed by atoms with van der Waals surface area (Å²) in [6, 6.07) is 12.6. The fourth-order valence-electron chi connectivity index (χ4n) is 2.67. The number of carbonyl (C=O) groups is 2. The second-order valence-corrected chi connectivity index (χ2v) is 6.56. The summed E-state index contributed by atoms with van der Waals surface area (Å²) in [7, 11) is 0. The highest BCUT2D eigenvalue weighted by molar-refractivity contribution is 5.95. The lowest BCUT2D eigenvalue weighted by molar-refractivity contribution is -0.137. The van der Waals surface area contributed by atoms with Crippen molar-refractivity contribution in [2.75, 3.05) is 10.6 Å². The summed E-state index contributed by atoms with van der Waals surface area (Å²) in [5.41, 5.74) is -0.294. The Morgan fingerprint density at radius 3 is 2.33 bits per heavy atom. The number of alkyl halides is 3. The highest BCUT2D eigenvalue weighted by Crippen LogP contribution is 2.37. The molecule has 0 radical (unpaired) electrons. The van der Waals surface area contributed by atoms with Crippen molar-refractivity contribution < 1.29 is 22.8 Å². The number of nitrogens with one attached hydrogen (secondary N) is 2. The minimum Gasteiger partial charge on any atom is -0.326 e. The van der Waals surface area contributed by atoms with E-state index in [0.29, 0.717) is 6.42 Å². The normalized spacial score (nSPS) is 13.9. The van der Waals surface area contributed by atoms with Crippen LogP contribution in [0.25, 0.3) is 0 Å². The lowest BCUT2D eigenvalue weighted by Gasteiger charge is -2.16. The summed E-state index contributed by atoms with van der Waals surface area (Å²) in [4.78, 5) is 23.8. The van der Waals surface area contributed by atoms with Gasteiger partial charge in [0.05, 0.1) is 11.3 Å². The third-order valence-corrected chi connectivity index (χ3v) is 4.30. The molecule has 0 unspecified atom stereocenters. The first-order valence-electron chi connectivity index (χ1n) is 8.69. The zero-order chi connectivity index (χ0) is 19.4. The van der Waals surface area contributed by atoms with E-state index in [1.54, 1.807) is 0 Å². The summed E-state index contributed by atoms with van der Waals surface area (Å²) < 4.78 is 40.1. The van der Waals surface area contributed by atoms with Gasteiger partial charge in [0.1, 0.15) is 0 Å². The number of benzene rings is 2. The zero-order valence-electron chi connectivity index (χ0n) is 14.5. The monoisotopic (exact) mass is 376 g/mol. The minimum atomic E-state index is -4.65. The van der Waals surface area contributed by atoms with Gasteiger partial charge in [-0.2, -0.15) is 13.2 Å². The number of amides is 2. The second kappa shape index (κ2) is 7.82. The van der Waals surface area contributed by atoms with Crippen LogP contribution in [0.3, 0.4) is 0 Å². The first kappa shape index (κ1) is 18.9. The molecule has 0 bridgehead atoms. The highest BCUT2D eigenvalue weighted by atomic mass is 19.4. The van der Waals surface area contributed by atoms with Gasteiger partial charge in [0.2, 0.25) is 11.8 Å². The molecule has 142 valence electrons. The molecule has 0 heterocycles. The van der Waals surface area contributed by atoms with Crippen molar-refractivity contribution >= 4 is 23.2 Å². The maximum absolute atomic E-state index is 13.4. The average Bonchev–Trinajstić information content (AvgIpc) is 3.46. The Morgan fingerprint density at radius 1 is 1.00 bits per heavy atom. The third-order valence-electron chi connectivity index (χ3n) is 4.30. The van der Waals surface area contributed by atoms with Crippen LogP contribution < -0.4 is 10.6 Å². The van der Waals surface area contributed by atoms with Crippen LogP contribution in [-0.2, 0) is 22.2 Å². The molecule has 2 aromatic carbocycles. The summed E-state index contributed by atoms with van der Waals surface area (Å²) in [5, 5.41) is 4.82. The Bertz CT molecular complexity index is 831. The summed E-state index contributed by atoms with van der Waals surface area (Å²) in [6.45, 7) is 0. The van der Waals surface area contributed by atoms with Crippen molar-refractivity contribution in [2.24, 2.45) is 5.92 Å². The van der Waals surface area contributed by atoms with E-state index >= 15 is 0 Å². The summed E-state index contributed by atoms with van der Waals surface area (Å²) in [5.74, 6) is -0.890. The van der Waals surface area contributed by atoms with E-state index in [2.05, 4.69) is 10.6 Å². The summed E-state index contributed by atoms with van der Waals surface area (Å²) >= 11 is 0. The van der Waals surface area contributed by atoms with E-state index in [0.717, 1.165) is 24.5 Å². The third kappa shape index (κ3) is 5.32. The Kier molecular flexibility index (Phi) is 5.48. The molecule has 1 aliphatic rings. The maximum Gasteiger partial charge on any atom is 0.418 e. The van der Waals surface area contributed by atoms with E-state index in [1.165, 1.54) is 12.1 Å². The van der Waals surface area contributed by atoms with E-state index in [1.807, 2.05) is 30.3 Å². The van der Waals surface area contributed by atoms with Crippen LogP contribution in [0, 0.1) is 5.92 Å². The predicted molar refractivity (Wildman–Crippen MR) is 96.2 cm³/mol. The fourth-order valence-corrected chi connectivity index (χ4v) is 2.67. The Morgan fingerprint density at radius 2 is 1.70 bits per heavy atom. The van der Waals surface area contributed by atoms with Crippen LogP contribution in [0.1, 0.15) is 30.4 Å². The SMILES string of the molecule is O=C(CCc1ccccc1)Nc1ccc(NC(=O)C2CC2)cc1C(F)(F)F.